The summed E-state index contributed by atoms with van der Waals surface area (Å²) < 4.78 is 0. The molecule has 0 saturated heterocycles. The number of aromatic nitrogens is 1. The molecular formula is C13H16N2S. The van der Waals surface area contributed by atoms with Crippen LogP contribution < -0.4 is 5.32 Å². The van der Waals surface area contributed by atoms with E-state index in [4.69, 9.17) is 0 Å². The molecule has 16 heavy (non-hydrogen) atoms. The van der Waals surface area contributed by atoms with Crippen molar-refractivity contribution >= 4 is 11.3 Å². The summed E-state index contributed by atoms with van der Waals surface area (Å²) in [5, 5.41) is 6.72. The van der Waals surface area contributed by atoms with Gasteiger partial charge in [0.05, 0.1) is 0 Å². The summed E-state index contributed by atoms with van der Waals surface area (Å²) in [6.07, 6.45) is 0. The highest BCUT2D eigenvalue weighted by atomic mass is 32.1. The second-order valence-electron chi connectivity index (χ2n) is 3.90. The van der Waals surface area contributed by atoms with Gasteiger partial charge in [0.1, 0.15) is 5.01 Å². The van der Waals surface area contributed by atoms with Gasteiger partial charge >= 0.3 is 0 Å². The minimum atomic E-state index is 0.366. The minimum absolute atomic E-state index is 0.366. The maximum Gasteiger partial charge on any atom is 0.107 e. The van der Waals surface area contributed by atoms with E-state index in [0.717, 1.165) is 17.2 Å². The van der Waals surface area contributed by atoms with Gasteiger partial charge in [-0.2, -0.15) is 0 Å². The summed E-state index contributed by atoms with van der Waals surface area (Å²) in [4.78, 5) is 4.43. The summed E-state index contributed by atoms with van der Waals surface area (Å²) in [5.74, 6) is 0. The fourth-order valence-electron chi connectivity index (χ4n) is 1.58. The van der Waals surface area contributed by atoms with Crippen LogP contribution in [0.2, 0.25) is 0 Å². The van der Waals surface area contributed by atoms with Gasteiger partial charge in [-0.1, -0.05) is 30.3 Å². The maximum atomic E-state index is 4.43. The third-order valence-electron chi connectivity index (χ3n) is 2.53. The lowest BCUT2D eigenvalue weighted by atomic mass is 10.1. The van der Waals surface area contributed by atoms with Crippen LogP contribution >= 0.6 is 11.3 Å². The Morgan fingerprint density at radius 1 is 1.31 bits per heavy atom. The van der Waals surface area contributed by atoms with Gasteiger partial charge in [-0.15, -0.1) is 11.3 Å². The number of aryl methyl sites for hydroxylation is 1. The molecule has 1 aromatic heterocycles. The van der Waals surface area contributed by atoms with Crippen LogP contribution in [0.1, 0.15) is 29.2 Å². The molecule has 0 fully saturated rings. The van der Waals surface area contributed by atoms with Gasteiger partial charge in [-0.3, -0.25) is 0 Å². The molecule has 84 valence electrons. The molecule has 0 radical (unpaired) electrons. The van der Waals surface area contributed by atoms with Crippen LogP contribution in [0.25, 0.3) is 0 Å². The monoisotopic (exact) mass is 232 g/mol. The molecule has 0 spiro atoms. The second kappa shape index (κ2) is 5.23. The first-order valence-electron chi connectivity index (χ1n) is 5.45. The number of benzene rings is 1. The lowest BCUT2D eigenvalue weighted by molar-refractivity contribution is 0.573. The summed E-state index contributed by atoms with van der Waals surface area (Å²) in [5.41, 5.74) is 2.42. The molecule has 1 N–H and O–H groups in total. The van der Waals surface area contributed by atoms with Crippen LogP contribution in [0.3, 0.4) is 0 Å². The zero-order chi connectivity index (χ0) is 11.4. The Morgan fingerprint density at radius 2 is 2.06 bits per heavy atom. The molecule has 0 saturated carbocycles. The highest BCUT2D eigenvalue weighted by molar-refractivity contribution is 7.09. The molecule has 0 aliphatic rings. The molecule has 0 aliphatic heterocycles. The number of hydrogen-bond acceptors (Lipinski definition) is 3. The standard InChI is InChI=1S/C13H16N2S/c1-10-9-16-13(15-10)8-14-11(2)12-6-4-3-5-7-12/h3-7,9,11,14H,8H2,1-2H3/t11-/m0/s1. The van der Waals surface area contributed by atoms with E-state index in [1.165, 1.54) is 5.56 Å². The maximum absolute atomic E-state index is 4.43. The molecule has 0 unspecified atom stereocenters. The third kappa shape index (κ3) is 2.90. The van der Waals surface area contributed by atoms with Crippen molar-refractivity contribution in [2.75, 3.05) is 0 Å². The molecule has 1 atom stereocenters. The highest BCUT2D eigenvalue weighted by Crippen LogP contribution is 2.14. The normalized spacial score (nSPS) is 12.6. The average Bonchev–Trinajstić information content (AvgIpc) is 2.73. The van der Waals surface area contributed by atoms with Crippen molar-refractivity contribution in [3.05, 3.63) is 52.0 Å². The zero-order valence-electron chi connectivity index (χ0n) is 9.60. The van der Waals surface area contributed by atoms with Crippen LogP contribution in [0.4, 0.5) is 0 Å². The Kier molecular flexibility index (Phi) is 3.70. The largest absolute Gasteiger partial charge is 0.304 e. The van der Waals surface area contributed by atoms with E-state index in [9.17, 15) is 0 Å². The predicted molar refractivity (Wildman–Crippen MR) is 68.5 cm³/mol. The average molecular weight is 232 g/mol. The van der Waals surface area contributed by atoms with E-state index in [0.29, 0.717) is 6.04 Å². The van der Waals surface area contributed by atoms with Crippen molar-refractivity contribution in [2.24, 2.45) is 0 Å². The molecule has 2 aromatic rings. The highest BCUT2D eigenvalue weighted by Gasteiger charge is 2.05. The molecule has 3 heteroatoms. The Bertz CT molecular complexity index is 436. The van der Waals surface area contributed by atoms with Gasteiger partial charge < -0.3 is 5.32 Å². The van der Waals surface area contributed by atoms with Crippen molar-refractivity contribution in [3.8, 4) is 0 Å². The van der Waals surface area contributed by atoms with Crippen LogP contribution in [0.5, 0.6) is 0 Å². The topological polar surface area (TPSA) is 24.9 Å². The van der Waals surface area contributed by atoms with Crippen LogP contribution in [-0.2, 0) is 6.54 Å². The van der Waals surface area contributed by atoms with Gasteiger partial charge in [-0.25, -0.2) is 4.98 Å². The predicted octanol–water partition coefficient (Wildman–Crippen LogP) is 3.30. The Balaban J connectivity index is 1.91. The first-order valence-corrected chi connectivity index (χ1v) is 6.33. The summed E-state index contributed by atoms with van der Waals surface area (Å²) in [6.45, 7) is 5.05. The number of hydrogen-bond donors (Lipinski definition) is 1. The van der Waals surface area contributed by atoms with Crippen LogP contribution in [0.15, 0.2) is 35.7 Å². The zero-order valence-corrected chi connectivity index (χ0v) is 10.4. The summed E-state index contributed by atoms with van der Waals surface area (Å²) in [6, 6.07) is 10.8. The molecule has 0 bridgehead atoms. The lowest BCUT2D eigenvalue weighted by Gasteiger charge is -2.12. The number of nitrogens with zero attached hydrogens (tertiary/aromatic N) is 1. The first kappa shape index (κ1) is 11.3. The van der Waals surface area contributed by atoms with Crippen LogP contribution in [0, 0.1) is 6.92 Å². The van der Waals surface area contributed by atoms with Gasteiger partial charge in [0.25, 0.3) is 0 Å². The molecular weight excluding hydrogens is 216 g/mol. The quantitative estimate of drug-likeness (QED) is 0.875. The van der Waals surface area contributed by atoms with Gasteiger partial charge in [0.15, 0.2) is 0 Å². The van der Waals surface area contributed by atoms with E-state index >= 15 is 0 Å². The lowest BCUT2D eigenvalue weighted by Crippen LogP contribution is -2.17. The number of nitrogens with one attached hydrogen (secondary N) is 1. The van der Waals surface area contributed by atoms with E-state index in [-0.39, 0.29) is 0 Å². The first-order chi connectivity index (χ1) is 7.75. The second-order valence-corrected chi connectivity index (χ2v) is 4.84. The fraction of sp³-hybridized carbons (Fsp3) is 0.308. The van der Waals surface area contributed by atoms with E-state index in [1.807, 2.05) is 13.0 Å². The fourth-order valence-corrected chi connectivity index (χ4v) is 2.31. The third-order valence-corrected chi connectivity index (χ3v) is 3.49. The molecule has 0 aliphatic carbocycles. The van der Waals surface area contributed by atoms with Crippen molar-refractivity contribution in [3.63, 3.8) is 0 Å². The number of thiazole rings is 1. The molecule has 0 amide bonds. The van der Waals surface area contributed by atoms with Crippen molar-refractivity contribution in [1.82, 2.24) is 10.3 Å². The van der Waals surface area contributed by atoms with Crippen LogP contribution in [-0.4, -0.2) is 4.98 Å². The van der Waals surface area contributed by atoms with Gasteiger partial charge in [0.2, 0.25) is 0 Å². The van der Waals surface area contributed by atoms with E-state index in [1.54, 1.807) is 11.3 Å². The van der Waals surface area contributed by atoms with Gasteiger partial charge in [0, 0.05) is 23.7 Å². The molecule has 1 aromatic carbocycles. The van der Waals surface area contributed by atoms with Gasteiger partial charge in [-0.05, 0) is 19.4 Å². The Morgan fingerprint density at radius 3 is 2.69 bits per heavy atom. The number of rotatable bonds is 4. The SMILES string of the molecule is Cc1csc(CN[C@@H](C)c2ccccc2)n1. The minimum Gasteiger partial charge on any atom is -0.304 e. The summed E-state index contributed by atoms with van der Waals surface area (Å²) >= 11 is 1.71. The summed E-state index contributed by atoms with van der Waals surface area (Å²) in [7, 11) is 0. The van der Waals surface area contributed by atoms with Crippen molar-refractivity contribution in [2.45, 2.75) is 26.4 Å². The van der Waals surface area contributed by atoms with Crippen molar-refractivity contribution in [1.29, 1.82) is 0 Å². The smallest absolute Gasteiger partial charge is 0.107 e. The van der Waals surface area contributed by atoms with E-state index in [2.05, 4.69) is 46.9 Å². The van der Waals surface area contributed by atoms with E-state index < -0.39 is 0 Å². The molecule has 2 rings (SSSR count). The van der Waals surface area contributed by atoms with Crippen molar-refractivity contribution < 1.29 is 0 Å². The molecule has 1 heterocycles. The Labute approximate surface area is 100 Å². The molecule has 2 nitrogen and oxygen atoms in total. The Hall–Kier alpha value is -1.19.